The van der Waals surface area contributed by atoms with Crippen LogP contribution in [-0.2, 0) is 22.8 Å². The van der Waals surface area contributed by atoms with Crippen LogP contribution in [0.2, 0.25) is 5.02 Å². The van der Waals surface area contributed by atoms with Crippen LogP contribution >= 0.6 is 11.6 Å². The molecule has 0 aliphatic carbocycles. The highest BCUT2D eigenvalue weighted by molar-refractivity contribution is 6.31. The van der Waals surface area contributed by atoms with Crippen molar-refractivity contribution in [2.24, 2.45) is 0 Å². The molecule has 0 radical (unpaired) electrons. The lowest BCUT2D eigenvalue weighted by Crippen LogP contribution is -2.14. The second-order valence-corrected chi connectivity index (χ2v) is 10.2. The molecule has 0 saturated carbocycles. The fraction of sp³-hybridized carbons (Fsp3) is 0.250. The number of aryl methyl sites for hydroxylation is 1. The van der Waals surface area contributed by atoms with Gasteiger partial charge in [0.1, 0.15) is 17.2 Å². The van der Waals surface area contributed by atoms with E-state index in [9.17, 15) is 18.0 Å². The summed E-state index contributed by atoms with van der Waals surface area (Å²) in [6.07, 6.45) is -0.736. The summed E-state index contributed by atoms with van der Waals surface area (Å²) in [5.41, 5.74) is 1.43. The van der Waals surface area contributed by atoms with Gasteiger partial charge in [-0.05, 0) is 48.4 Å². The van der Waals surface area contributed by atoms with Crippen molar-refractivity contribution < 1.29 is 22.7 Å². The smallest absolute Gasteiger partial charge is 0.417 e. The van der Waals surface area contributed by atoms with E-state index in [1.54, 1.807) is 30.6 Å². The van der Waals surface area contributed by atoms with Crippen LogP contribution in [0.15, 0.2) is 67.0 Å². The SMILES string of the molecule is CC(C)(C)c1cnc(-c2cc(Oc3cccc(CCC(=O)Nc4ccc(Cl)c(C(F)(F)F)c4)c3)ccn2)[nH]1. The number of benzene rings is 2. The van der Waals surface area contributed by atoms with Crippen LogP contribution in [0.5, 0.6) is 11.5 Å². The number of aromatic nitrogens is 3. The molecule has 0 spiro atoms. The predicted molar refractivity (Wildman–Crippen MR) is 140 cm³/mol. The number of nitrogens with zero attached hydrogens (tertiary/aromatic N) is 2. The van der Waals surface area contributed by atoms with Crippen LogP contribution in [0, 0.1) is 0 Å². The van der Waals surface area contributed by atoms with Crippen molar-refractivity contribution >= 4 is 23.2 Å². The topological polar surface area (TPSA) is 79.9 Å². The number of nitrogens with one attached hydrogen (secondary N) is 2. The van der Waals surface area contributed by atoms with E-state index in [0.717, 1.165) is 23.4 Å². The minimum Gasteiger partial charge on any atom is -0.457 e. The lowest BCUT2D eigenvalue weighted by atomic mass is 9.93. The number of anilines is 1. The second kappa shape index (κ2) is 10.9. The Morgan fingerprint density at radius 2 is 1.79 bits per heavy atom. The van der Waals surface area contributed by atoms with E-state index in [-0.39, 0.29) is 17.5 Å². The van der Waals surface area contributed by atoms with Gasteiger partial charge in [-0.15, -0.1) is 0 Å². The molecule has 0 fully saturated rings. The molecule has 0 aliphatic heterocycles. The molecule has 0 saturated heterocycles. The van der Waals surface area contributed by atoms with Crippen LogP contribution in [0.4, 0.5) is 18.9 Å². The molecule has 0 unspecified atom stereocenters. The standard InChI is InChI=1S/C28H26ClF3N4O2/c1-27(2,3)24-16-34-26(36-24)23-15-20(11-12-33-23)38-19-6-4-5-17(13-19)7-10-25(37)35-18-8-9-22(29)21(14-18)28(30,31)32/h4-6,8-9,11-16H,7,10H2,1-3H3,(H,34,36)(H,35,37). The van der Waals surface area contributed by atoms with Gasteiger partial charge in [-0.25, -0.2) is 4.98 Å². The Bertz CT molecular complexity index is 1440. The lowest BCUT2D eigenvalue weighted by molar-refractivity contribution is -0.137. The van der Waals surface area contributed by atoms with Gasteiger partial charge in [-0.3, -0.25) is 9.78 Å². The average Bonchev–Trinajstić information content (AvgIpc) is 3.35. The van der Waals surface area contributed by atoms with Gasteiger partial charge in [-0.1, -0.05) is 44.5 Å². The molecule has 1 amide bonds. The summed E-state index contributed by atoms with van der Waals surface area (Å²) in [6.45, 7) is 6.28. The van der Waals surface area contributed by atoms with Crippen LogP contribution in [0.1, 0.15) is 44.0 Å². The molecule has 2 N–H and O–H groups in total. The molecule has 38 heavy (non-hydrogen) atoms. The molecule has 2 aromatic heterocycles. The monoisotopic (exact) mass is 542 g/mol. The number of hydrogen-bond acceptors (Lipinski definition) is 4. The number of alkyl halides is 3. The van der Waals surface area contributed by atoms with Gasteiger partial charge in [0.2, 0.25) is 5.91 Å². The maximum Gasteiger partial charge on any atom is 0.417 e. The van der Waals surface area contributed by atoms with Crippen molar-refractivity contribution in [3.63, 3.8) is 0 Å². The van der Waals surface area contributed by atoms with Gasteiger partial charge >= 0.3 is 6.18 Å². The summed E-state index contributed by atoms with van der Waals surface area (Å²) in [5.74, 6) is 1.37. The van der Waals surface area contributed by atoms with Crippen molar-refractivity contribution in [3.05, 3.63) is 88.8 Å². The number of aromatic amines is 1. The van der Waals surface area contributed by atoms with E-state index in [1.165, 1.54) is 6.07 Å². The second-order valence-electron chi connectivity index (χ2n) is 9.76. The van der Waals surface area contributed by atoms with E-state index in [0.29, 0.717) is 29.4 Å². The number of imidazole rings is 1. The minimum absolute atomic E-state index is 0.0310. The number of carbonyl (C=O) groups is 1. The van der Waals surface area contributed by atoms with Gasteiger partial charge in [0.05, 0.1) is 10.6 Å². The normalized spacial score (nSPS) is 11.9. The first-order valence-electron chi connectivity index (χ1n) is 11.8. The van der Waals surface area contributed by atoms with E-state index in [2.05, 4.69) is 41.0 Å². The number of amides is 1. The fourth-order valence-corrected chi connectivity index (χ4v) is 3.86. The zero-order valence-electron chi connectivity index (χ0n) is 21.0. The number of ether oxygens (including phenoxy) is 1. The number of H-pyrrole nitrogens is 1. The Hall–Kier alpha value is -3.85. The largest absolute Gasteiger partial charge is 0.457 e. The van der Waals surface area contributed by atoms with E-state index >= 15 is 0 Å². The molecule has 2 heterocycles. The first-order chi connectivity index (χ1) is 17.9. The van der Waals surface area contributed by atoms with Crippen LogP contribution < -0.4 is 10.1 Å². The summed E-state index contributed by atoms with van der Waals surface area (Å²) in [7, 11) is 0. The number of hydrogen-bond donors (Lipinski definition) is 2. The zero-order valence-corrected chi connectivity index (χ0v) is 21.7. The number of pyridine rings is 1. The van der Waals surface area contributed by atoms with Crippen molar-refractivity contribution in [2.45, 2.75) is 45.2 Å². The molecular weight excluding hydrogens is 517 g/mol. The molecule has 0 aliphatic rings. The molecule has 6 nitrogen and oxygen atoms in total. The fourth-order valence-electron chi connectivity index (χ4n) is 3.64. The lowest BCUT2D eigenvalue weighted by Gasteiger charge is -2.15. The Labute approximate surface area is 223 Å². The Morgan fingerprint density at radius 3 is 2.50 bits per heavy atom. The maximum atomic E-state index is 13.1. The minimum atomic E-state index is -4.61. The van der Waals surface area contributed by atoms with Crippen molar-refractivity contribution in [1.29, 1.82) is 0 Å². The number of halogens is 4. The molecule has 2 aromatic carbocycles. The highest BCUT2D eigenvalue weighted by atomic mass is 35.5. The Balaban J connectivity index is 1.38. The van der Waals surface area contributed by atoms with Crippen molar-refractivity contribution in [3.8, 4) is 23.0 Å². The van der Waals surface area contributed by atoms with Gasteiger partial charge in [-0.2, -0.15) is 13.2 Å². The van der Waals surface area contributed by atoms with Gasteiger partial charge < -0.3 is 15.0 Å². The van der Waals surface area contributed by atoms with Gasteiger partial charge in [0.25, 0.3) is 0 Å². The molecule has 4 rings (SSSR count). The summed E-state index contributed by atoms with van der Waals surface area (Å²) < 4.78 is 45.2. The van der Waals surface area contributed by atoms with E-state index < -0.39 is 22.7 Å². The molecular formula is C28H26ClF3N4O2. The third-order valence-electron chi connectivity index (χ3n) is 5.69. The van der Waals surface area contributed by atoms with Crippen LogP contribution in [0.3, 0.4) is 0 Å². The number of rotatable bonds is 7. The van der Waals surface area contributed by atoms with Crippen molar-refractivity contribution in [2.75, 3.05) is 5.32 Å². The van der Waals surface area contributed by atoms with Crippen LogP contribution in [0.25, 0.3) is 11.5 Å². The highest BCUT2D eigenvalue weighted by Crippen LogP contribution is 2.36. The molecule has 198 valence electrons. The van der Waals surface area contributed by atoms with Crippen molar-refractivity contribution in [1.82, 2.24) is 15.0 Å². The summed E-state index contributed by atoms with van der Waals surface area (Å²) in [4.78, 5) is 24.5. The predicted octanol–water partition coefficient (Wildman–Crippen LogP) is 7.81. The van der Waals surface area contributed by atoms with Gasteiger partial charge in [0, 0.05) is 41.7 Å². The van der Waals surface area contributed by atoms with Crippen LogP contribution in [-0.4, -0.2) is 20.9 Å². The Kier molecular flexibility index (Phi) is 7.78. The highest BCUT2D eigenvalue weighted by Gasteiger charge is 2.33. The maximum absolute atomic E-state index is 13.1. The van der Waals surface area contributed by atoms with E-state index in [1.807, 2.05) is 18.2 Å². The summed E-state index contributed by atoms with van der Waals surface area (Å²) in [6, 6.07) is 14.0. The first kappa shape index (κ1) is 27.2. The molecule has 4 aromatic rings. The Morgan fingerprint density at radius 1 is 1.03 bits per heavy atom. The third-order valence-corrected chi connectivity index (χ3v) is 6.02. The van der Waals surface area contributed by atoms with E-state index in [4.69, 9.17) is 16.3 Å². The quantitative estimate of drug-likeness (QED) is 0.249. The van der Waals surface area contributed by atoms with Gasteiger partial charge in [0.15, 0.2) is 5.82 Å². The number of carbonyl (C=O) groups excluding carboxylic acids is 1. The molecule has 0 bridgehead atoms. The third kappa shape index (κ3) is 6.92. The molecule has 0 atom stereocenters. The summed E-state index contributed by atoms with van der Waals surface area (Å²) in [5, 5.41) is 2.07. The first-order valence-corrected chi connectivity index (χ1v) is 12.2. The average molecular weight is 543 g/mol. The zero-order chi connectivity index (χ0) is 27.5. The molecule has 10 heteroatoms. The summed E-state index contributed by atoms with van der Waals surface area (Å²) >= 11 is 5.64.